The molecule has 0 aliphatic carbocycles. The third kappa shape index (κ3) is 5.06. The first kappa shape index (κ1) is 22.4. The average Bonchev–Trinajstić information content (AvgIpc) is 2.97. The molecular formula is C22H21Cl2N3O2S. The van der Waals surface area contributed by atoms with Crippen LogP contribution in [0.15, 0.2) is 54.0 Å². The van der Waals surface area contributed by atoms with E-state index in [1.807, 2.05) is 19.9 Å². The summed E-state index contributed by atoms with van der Waals surface area (Å²) in [6.45, 7) is 7.79. The maximum absolute atomic E-state index is 12.9. The highest BCUT2D eigenvalue weighted by molar-refractivity contribution is 8.15. The number of rotatable bonds is 6. The molecule has 1 atom stereocenters. The third-order valence-electron chi connectivity index (χ3n) is 4.63. The average molecular weight is 462 g/mol. The Bertz CT molecular complexity index is 1040. The zero-order valence-corrected chi connectivity index (χ0v) is 18.9. The largest absolute Gasteiger partial charge is 0.326 e. The molecule has 2 aromatic carbocycles. The van der Waals surface area contributed by atoms with Crippen LogP contribution >= 0.6 is 35.0 Å². The van der Waals surface area contributed by atoms with Crippen LogP contribution in [0, 0.1) is 13.8 Å². The highest BCUT2D eigenvalue weighted by atomic mass is 35.5. The minimum atomic E-state index is -0.567. The van der Waals surface area contributed by atoms with Crippen LogP contribution < -0.4 is 5.32 Å². The Labute approximate surface area is 190 Å². The number of amidine groups is 1. The molecule has 2 aromatic rings. The highest BCUT2D eigenvalue weighted by Gasteiger charge is 2.38. The fourth-order valence-electron chi connectivity index (χ4n) is 2.94. The van der Waals surface area contributed by atoms with E-state index in [1.165, 1.54) is 11.8 Å². The Morgan fingerprint density at radius 1 is 1.30 bits per heavy atom. The van der Waals surface area contributed by atoms with Gasteiger partial charge in [0.15, 0.2) is 5.17 Å². The summed E-state index contributed by atoms with van der Waals surface area (Å²) in [5.74, 6) is -0.429. The topological polar surface area (TPSA) is 61.8 Å². The number of nitrogens with zero attached hydrogens (tertiary/aromatic N) is 2. The van der Waals surface area contributed by atoms with E-state index in [1.54, 1.807) is 41.3 Å². The Morgan fingerprint density at radius 3 is 2.80 bits per heavy atom. The highest BCUT2D eigenvalue weighted by Crippen LogP contribution is 2.33. The lowest BCUT2D eigenvalue weighted by Gasteiger charge is -2.14. The zero-order chi connectivity index (χ0) is 21.8. The van der Waals surface area contributed by atoms with Crippen molar-refractivity contribution in [1.29, 1.82) is 0 Å². The summed E-state index contributed by atoms with van der Waals surface area (Å²) in [5, 5.41) is 3.94. The predicted molar refractivity (Wildman–Crippen MR) is 126 cm³/mol. The zero-order valence-electron chi connectivity index (χ0n) is 16.6. The van der Waals surface area contributed by atoms with Crippen LogP contribution in [0.25, 0.3) is 0 Å². The van der Waals surface area contributed by atoms with Crippen LogP contribution in [-0.2, 0) is 9.59 Å². The van der Waals surface area contributed by atoms with Gasteiger partial charge in [-0.3, -0.25) is 14.5 Å². The van der Waals surface area contributed by atoms with E-state index in [4.69, 9.17) is 23.2 Å². The number of hydrogen-bond donors (Lipinski definition) is 1. The minimum Gasteiger partial charge on any atom is -0.326 e. The molecule has 1 aliphatic rings. The minimum absolute atomic E-state index is 0.0244. The molecular weight excluding hydrogens is 441 g/mol. The smallest absolute Gasteiger partial charge is 0.242 e. The number of carbonyl (C=O) groups is 2. The molecule has 5 nitrogen and oxygen atoms in total. The predicted octanol–water partition coefficient (Wildman–Crippen LogP) is 5.76. The fraction of sp³-hybridized carbons (Fsp3) is 0.227. The van der Waals surface area contributed by atoms with Crippen molar-refractivity contribution in [3.05, 3.63) is 70.2 Å². The van der Waals surface area contributed by atoms with Crippen molar-refractivity contribution >= 4 is 63.3 Å². The molecule has 0 aromatic heterocycles. The number of amides is 2. The number of anilines is 1. The van der Waals surface area contributed by atoms with Gasteiger partial charge < -0.3 is 5.32 Å². The Kier molecular flexibility index (Phi) is 7.23. The molecule has 0 spiro atoms. The monoisotopic (exact) mass is 461 g/mol. The van der Waals surface area contributed by atoms with Crippen molar-refractivity contribution < 1.29 is 9.59 Å². The molecule has 1 unspecified atom stereocenters. The van der Waals surface area contributed by atoms with Gasteiger partial charge in [-0.15, -0.1) is 6.58 Å². The molecule has 1 heterocycles. The maximum atomic E-state index is 12.9. The van der Waals surface area contributed by atoms with Crippen molar-refractivity contribution in [2.24, 2.45) is 4.99 Å². The molecule has 0 saturated carbocycles. The molecule has 1 aliphatic heterocycles. The Balaban J connectivity index is 1.79. The quantitative estimate of drug-likeness (QED) is 0.556. The summed E-state index contributed by atoms with van der Waals surface area (Å²) in [6.07, 6.45) is 1.66. The van der Waals surface area contributed by atoms with Crippen LogP contribution in [0.2, 0.25) is 10.0 Å². The van der Waals surface area contributed by atoms with Gasteiger partial charge in [0.2, 0.25) is 11.8 Å². The van der Waals surface area contributed by atoms with Crippen LogP contribution in [0.5, 0.6) is 0 Å². The van der Waals surface area contributed by atoms with E-state index in [-0.39, 0.29) is 18.2 Å². The van der Waals surface area contributed by atoms with Crippen molar-refractivity contribution in [2.75, 3.05) is 11.9 Å². The summed E-state index contributed by atoms with van der Waals surface area (Å²) in [7, 11) is 0. The number of hydrogen-bond acceptors (Lipinski definition) is 4. The normalized spacial score (nSPS) is 17.5. The van der Waals surface area contributed by atoms with Crippen LogP contribution in [0.4, 0.5) is 11.4 Å². The van der Waals surface area contributed by atoms with Gasteiger partial charge >= 0.3 is 0 Å². The Morgan fingerprint density at radius 2 is 2.07 bits per heavy atom. The molecule has 156 valence electrons. The first-order valence-electron chi connectivity index (χ1n) is 9.29. The van der Waals surface area contributed by atoms with Crippen molar-refractivity contribution in [1.82, 2.24) is 4.90 Å². The molecule has 30 heavy (non-hydrogen) atoms. The van der Waals surface area contributed by atoms with E-state index in [2.05, 4.69) is 16.9 Å². The fourth-order valence-corrected chi connectivity index (χ4v) is 4.44. The maximum Gasteiger partial charge on any atom is 0.242 e. The van der Waals surface area contributed by atoms with Gasteiger partial charge in [-0.2, -0.15) is 0 Å². The van der Waals surface area contributed by atoms with E-state index >= 15 is 0 Å². The van der Waals surface area contributed by atoms with Gasteiger partial charge in [0.05, 0.1) is 5.69 Å². The summed E-state index contributed by atoms with van der Waals surface area (Å²) in [5.41, 5.74) is 3.04. The van der Waals surface area contributed by atoms with Crippen LogP contribution in [0.3, 0.4) is 0 Å². The van der Waals surface area contributed by atoms with Crippen LogP contribution in [0.1, 0.15) is 17.5 Å². The number of carbonyl (C=O) groups excluding carboxylic acids is 2. The summed E-state index contributed by atoms with van der Waals surface area (Å²) in [4.78, 5) is 31.7. The second-order valence-electron chi connectivity index (χ2n) is 6.83. The second-order valence-corrected chi connectivity index (χ2v) is 8.85. The van der Waals surface area contributed by atoms with Gasteiger partial charge in [0.1, 0.15) is 5.25 Å². The summed E-state index contributed by atoms with van der Waals surface area (Å²) < 4.78 is 0. The number of nitrogens with one attached hydrogen (secondary N) is 1. The lowest BCUT2D eigenvalue weighted by Crippen LogP contribution is -2.33. The van der Waals surface area contributed by atoms with Crippen molar-refractivity contribution in [3.8, 4) is 0 Å². The number of aryl methyl sites for hydroxylation is 1. The first-order valence-corrected chi connectivity index (χ1v) is 10.9. The van der Waals surface area contributed by atoms with Crippen LogP contribution in [-0.4, -0.2) is 33.7 Å². The lowest BCUT2D eigenvalue weighted by molar-refractivity contribution is -0.127. The van der Waals surface area contributed by atoms with Gasteiger partial charge in [-0.25, -0.2) is 4.99 Å². The molecule has 1 saturated heterocycles. The van der Waals surface area contributed by atoms with Gasteiger partial charge in [0, 0.05) is 28.7 Å². The SMILES string of the molecule is C=CCN1C(=O)C(CC(=O)Nc2cccc(Cl)c2C)SC1=Nc1cc(Cl)ccc1C. The molecule has 1 N–H and O–H groups in total. The van der Waals surface area contributed by atoms with Crippen molar-refractivity contribution in [2.45, 2.75) is 25.5 Å². The first-order chi connectivity index (χ1) is 14.3. The van der Waals surface area contributed by atoms with Gasteiger partial charge in [-0.1, -0.05) is 53.2 Å². The standard InChI is InChI=1S/C22H21Cl2N3O2S/c1-4-10-27-21(29)19(12-20(28)25-17-7-5-6-16(24)14(17)3)30-22(27)26-18-11-15(23)9-8-13(18)2/h4-9,11,19H,1,10,12H2,2-3H3,(H,25,28). The number of thioether (sulfide) groups is 1. The Hall–Kier alpha value is -2.28. The molecule has 8 heteroatoms. The van der Waals surface area contributed by atoms with E-state index < -0.39 is 5.25 Å². The summed E-state index contributed by atoms with van der Waals surface area (Å²) >= 11 is 13.5. The number of benzene rings is 2. The number of halogens is 2. The van der Waals surface area contributed by atoms with E-state index in [0.717, 1.165) is 11.1 Å². The van der Waals surface area contributed by atoms with E-state index in [9.17, 15) is 9.59 Å². The molecule has 3 rings (SSSR count). The molecule has 0 radical (unpaired) electrons. The van der Waals surface area contributed by atoms with E-state index in [0.29, 0.717) is 33.1 Å². The van der Waals surface area contributed by atoms with Crippen molar-refractivity contribution in [3.63, 3.8) is 0 Å². The molecule has 1 fully saturated rings. The third-order valence-corrected chi connectivity index (χ3v) is 6.45. The summed E-state index contributed by atoms with van der Waals surface area (Å²) in [6, 6.07) is 10.7. The van der Waals surface area contributed by atoms with Gasteiger partial charge in [0.25, 0.3) is 0 Å². The molecule has 2 amide bonds. The lowest BCUT2D eigenvalue weighted by atomic mass is 10.2. The van der Waals surface area contributed by atoms with Gasteiger partial charge in [-0.05, 0) is 49.2 Å². The number of aliphatic imine (C=N–C) groups is 1. The second kappa shape index (κ2) is 9.69. The molecule has 0 bridgehead atoms.